The van der Waals surface area contributed by atoms with Crippen molar-refractivity contribution in [3.05, 3.63) is 298 Å². The summed E-state index contributed by atoms with van der Waals surface area (Å²) < 4.78 is 185. The Kier molecular flexibility index (Phi) is 26.5. The molecule has 8 aliphatic rings. The number of anilines is 4. The molecule has 8 aromatic rings. The number of nitrogens with one attached hydrogen (secondary N) is 4. The van der Waals surface area contributed by atoms with E-state index in [1.54, 1.807) is 75.4 Å². The minimum Gasteiger partial charge on any atom is -0.341 e. The Balaban J connectivity index is 0.000000149. The van der Waals surface area contributed by atoms with E-state index in [0.29, 0.717) is 136 Å². The topological polar surface area (TPSA) is 347 Å². The molecule has 4 N–H and O–H groups in total. The number of ketones is 4. The number of allylic oxidation sites excluding steroid dienone is 4. The normalized spacial score (nSPS) is 18.8. The zero-order chi connectivity index (χ0) is 95.0. The van der Waals surface area contributed by atoms with Gasteiger partial charge >= 0.3 is 54.9 Å². The average molecular weight is 1820 g/mol. The molecule has 4 heterocycles. The molecule has 672 valence electrons. The number of nitriles is 4. The number of imide groups is 1. The van der Waals surface area contributed by atoms with Gasteiger partial charge in [-0.2, -0.15) is 73.7 Å². The van der Waals surface area contributed by atoms with Crippen molar-refractivity contribution in [1.82, 2.24) is 26.2 Å². The van der Waals surface area contributed by atoms with Gasteiger partial charge in [-0.3, -0.25) is 38.8 Å². The van der Waals surface area contributed by atoms with Crippen LogP contribution in [0.2, 0.25) is 0 Å². The van der Waals surface area contributed by atoms with E-state index in [1.165, 1.54) is 76.3 Å². The van der Waals surface area contributed by atoms with Gasteiger partial charge in [0.05, 0.1) is 115 Å². The van der Waals surface area contributed by atoms with Crippen LogP contribution in [0.25, 0.3) is 0 Å². The number of hydrogen-bond acceptors (Lipinski definition) is 15. The van der Waals surface area contributed by atoms with Crippen molar-refractivity contribution in [2.24, 2.45) is 0 Å². The second-order valence-electron chi connectivity index (χ2n) is 31.5. The van der Waals surface area contributed by atoms with E-state index >= 15 is 0 Å². The van der Waals surface area contributed by atoms with Crippen molar-refractivity contribution in [3.63, 3.8) is 0 Å². The standard InChI is InChI=1S/C25H21F3N4O5S.3C23H18F3N3O2/c1-30-23(34)32-22(17-10-9-14(13-29)11-20(17)38(2,36)37)21-18(7-4-8-19(21)33)31(24(32)35)16-6-3-5-15(12-16)25(26,27)28;3*1-13-10-14(12-27)8-9-17(13)21-20-18(6-3-7-19(20)30)29(22(31)28-21)16-5-2-4-15(11-16)23(24,25)26/h3,5-6,9-12,22H,4,7-8H2,1-2H3,(H,30,34);3*2,4-5,8-11,21H,3,6-7H2,1H3,(H,28,31)/t;2*21-;/m.10./s1. The van der Waals surface area contributed by atoms with Crippen LogP contribution in [0, 0.1) is 66.1 Å². The van der Waals surface area contributed by atoms with E-state index in [-0.39, 0.29) is 80.2 Å². The van der Waals surface area contributed by atoms with Crippen LogP contribution in [0.4, 0.5) is 99.4 Å². The Labute approximate surface area is 740 Å². The van der Waals surface area contributed by atoms with Gasteiger partial charge in [0, 0.05) is 84.1 Å². The maximum Gasteiger partial charge on any atom is 0.416 e. The van der Waals surface area contributed by atoms with E-state index in [2.05, 4.69) is 39.5 Å². The number of hydrogen-bond donors (Lipinski definition) is 4. The summed E-state index contributed by atoms with van der Waals surface area (Å²) in [6.07, 6.45) is -13.4. The lowest BCUT2D eigenvalue weighted by Gasteiger charge is -2.44. The minimum absolute atomic E-state index is 0.00225. The van der Waals surface area contributed by atoms with E-state index in [4.69, 9.17) is 15.8 Å². The number of benzene rings is 8. The molecule has 4 aliphatic heterocycles. The molecule has 24 nitrogen and oxygen atoms in total. The number of sulfone groups is 1. The van der Waals surface area contributed by atoms with E-state index in [0.717, 1.165) is 88.5 Å². The summed E-state index contributed by atoms with van der Waals surface area (Å²) >= 11 is 0. The quantitative estimate of drug-likeness (QED) is 0.0976. The first kappa shape index (κ1) is 93.7. The van der Waals surface area contributed by atoms with Crippen molar-refractivity contribution >= 4 is 85.9 Å². The first-order valence-corrected chi connectivity index (χ1v) is 42.5. The van der Waals surface area contributed by atoms with Crippen molar-refractivity contribution in [1.29, 1.82) is 21.0 Å². The minimum atomic E-state index is -4.72. The molecule has 10 amide bonds. The molecule has 0 bridgehead atoms. The number of Topliss-reactive ketones (excluding diaryl/α,β-unsaturated/α-hetero) is 4. The van der Waals surface area contributed by atoms with Crippen LogP contribution in [-0.2, 0) is 53.7 Å². The highest BCUT2D eigenvalue weighted by Gasteiger charge is 2.51. The summed E-state index contributed by atoms with van der Waals surface area (Å²) in [6, 6.07) is 36.6. The number of carbonyl (C=O) groups excluding carboxylic acids is 9. The lowest BCUT2D eigenvalue weighted by Crippen LogP contribution is -2.56. The fourth-order valence-electron chi connectivity index (χ4n) is 17.3. The van der Waals surface area contributed by atoms with Gasteiger partial charge in [0.1, 0.15) is 6.04 Å². The summed E-state index contributed by atoms with van der Waals surface area (Å²) in [4.78, 5) is 123. The highest BCUT2D eigenvalue weighted by molar-refractivity contribution is 7.90. The summed E-state index contributed by atoms with van der Waals surface area (Å²) in [5.41, 5.74) is 4.30. The van der Waals surface area contributed by atoms with Gasteiger partial charge in [-0.1, -0.05) is 48.5 Å². The highest BCUT2D eigenvalue weighted by atomic mass is 32.2. The van der Waals surface area contributed by atoms with Gasteiger partial charge in [-0.05, 0) is 232 Å². The Bertz CT molecular complexity index is 6150. The zero-order valence-corrected chi connectivity index (χ0v) is 70.7. The molecular weight excluding hydrogens is 1750 g/mol. The van der Waals surface area contributed by atoms with Crippen LogP contribution >= 0.6 is 0 Å². The average Bonchev–Trinajstić information content (AvgIpc) is 0.403. The Morgan fingerprint density at radius 3 is 0.908 bits per heavy atom. The predicted octanol–water partition coefficient (Wildman–Crippen LogP) is 19.8. The fourth-order valence-corrected chi connectivity index (χ4v) is 18.2. The molecule has 0 saturated heterocycles. The lowest BCUT2D eigenvalue weighted by atomic mass is 9.83. The van der Waals surface area contributed by atoms with E-state index in [9.17, 15) is 110 Å². The van der Waals surface area contributed by atoms with Crippen molar-refractivity contribution in [2.45, 2.75) is 152 Å². The van der Waals surface area contributed by atoms with Crippen LogP contribution in [0.3, 0.4) is 0 Å². The monoisotopic (exact) mass is 1820 g/mol. The first-order chi connectivity index (χ1) is 61.9. The van der Waals surface area contributed by atoms with E-state index in [1.807, 2.05) is 6.07 Å². The number of urea groups is 5. The Morgan fingerprint density at radius 1 is 0.374 bits per heavy atom. The number of halogens is 12. The molecule has 37 heteroatoms. The number of nitrogens with zero attached hydrogens (tertiary/aromatic N) is 9. The predicted molar refractivity (Wildman–Crippen MR) is 449 cm³/mol. The SMILES string of the molecule is CNC(=O)N1C(=O)N(c2cccc(C(F)(F)F)c2)C2=C(C(=O)CCC2)C1c1ccc(C#N)cc1S(C)(=O)=O.Cc1cc(C#N)ccc1C1NC(=O)N(c2cccc(C(F)(F)F)c2)C2=C1C(=O)CCC2.Cc1cc(C#N)ccc1[C@@H]1NC(=O)N(c2cccc(C(F)(F)F)c2)C2=C1C(=O)CCC2.Cc1cc(C#N)ccc1[C@H]1NC(=O)N(c2cccc(C(F)(F)F)c2)C2=C1C(=O)CCC2. The zero-order valence-electron chi connectivity index (χ0n) is 69.9. The smallest absolute Gasteiger partial charge is 0.341 e. The van der Waals surface area contributed by atoms with Gasteiger partial charge in [-0.15, -0.1) is 0 Å². The first-order valence-electron chi connectivity index (χ1n) is 40.6. The summed E-state index contributed by atoms with van der Waals surface area (Å²) in [5.74, 6) is -0.926. The second-order valence-corrected chi connectivity index (χ2v) is 33.5. The van der Waals surface area contributed by atoms with Gasteiger partial charge in [0.15, 0.2) is 33.0 Å². The molecule has 8 aromatic carbocycles. The molecular formula is C94H75F12N13O11S. The van der Waals surface area contributed by atoms with Crippen molar-refractivity contribution < 1.29 is 104 Å². The van der Waals surface area contributed by atoms with Crippen LogP contribution in [0.15, 0.2) is 220 Å². The number of aryl methyl sites for hydroxylation is 3. The van der Waals surface area contributed by atoms with Gasteiger partial charge in [0.2, 0.25) is 0 Å². The molecule has 0 fully saturated rings. The van der Waals surface area contributed by atoms with Crippen LogP contribution in [0.1, 0.15) is 185 Å². The summed E-state index contributed by atoms with van der Waals surface area (Å²) in [5, 5.41) is 47.3. The van der Waals surface area contributed by atoms with Gasteiger partial charge in [-0.25, -0.2) is 37.3 Å². The molecule has 0 spiro atoms. The van der Waals surface area contributed by atoms with Crippen LogP contribution in [0.5, 0.6) is 0 Å². The number of amides is 10. The van der Waals surface area contributed by atoms with Gasteiger partial charge in [0.25, 0.3) is 0 Å². The van der Waals surface area contributed by atoms with Crippen LogP contribution in [-0.4, -0.2) is 79.9 Å². The largest absolute Gasteiger partial charge is 0.416 e. The Morgan fingerprint density at radius 2 is 0.641 bits per heavy atom. The highest BCUT2D eigenvalue weighted by Crippen LogP contribution is 2.50. The van der Waals surface area contributed by atoms with Crippen molar-refractivity contribution in [3.8, 4) is 24.3 Å². The molecule has 0 saturated carbocycles. The second kappa shape index (κ2) is 37.0. The molecule has 4 aliphatic carbocycles. The number of carbonyl (C=O) groups is 9. The van der Waals surface area contributed by atoms with E-state index < -0.39 is 117 Å². The summed E-state index contributed by atoms with van der Waals surface area (Å²) in [7, 11) is -2.81. The maximum atomic E-state index is 13.9. The molecule has 4 atom stereocenters. The third-order valence-corrected chi connectivity index (χ3v) is 24.3. The lowest BCUT2D eigenvalue weighted by molar-refractivity contribution is -0.138. The van der Waals surface area contributed by atoms with Crippen molar-refractivity contribution in [2.75, 3.05) is 32.9 Å². The fraction of sp³-hybridized carbons (Fsp3) is 0.266. The molecule has 0 radical (unpaired) electrons. The third-order valence-electron chi connectivity index (χ3n) is 23.1. The molecule has 16 rings (SSSR count). The Hall–Kier alpha value is -15.0. The molecule has 2 unspecified atom stereocenters. The number of alkyl halides is 12. The molecule has 131 heavy (non-hydrogen) atoms. The summed E-state index contributed by atoms with van der Waals surface area (Å²) in [6.45, 7) is 5.36. The van der Waals surface area contributed by atoms with Crippen LogP contribution < -0.4 is 40.9 Å². The maximum absolute atomic E-state index is 13.9. The van der Waals surface area contributed by atoms with Gasteiger partial charge < -0.3 is 21.3 Å². The molecule has 0 aromatic heterocycles. The third kappa shape index (κ3) is 19.1. The number of rotatable bonds is 9.